The lowest BCUT2D eigenvalue weighted by Crippen LogP contribution is -2.32. The molecule has 1 aromatic heterocycles. The molecule has 86 valence electrons. The Bertz CT molecular complexity index is 376. The number of halogens is 1. The van der Waals surface area contributed by atoms with E-state index in [2.05, 4.69) is 29.4 Å². The number of allylic oxidation sites excluding steroid dienone is 1. The van der Waals surface area contributed by atoms with Crippen LogP contribution in [0.4, 0.5) is 0 Å². The van der Waals surface area contributed by atoms with Gasteiger partial charge in [0.05, 0.1) is 0 Å². The van der Waals surface area contributed by atoms with Crippen LogP contribution in [-0.2, 0) is 0 Å². The van der Waals surface area contributed by atoms with Crippen LogP contribution < -0.4 is 5.32 Å². The van der Waals surface area contributed by atoms with Crippen LogP contribution in [0.25, 0.3) is 0 Å². The van der Waals surface area contributed by atoms with Crippen LogP contribution >= 0.6 is 11.6 Å². The number of hydrogen-bond acceptors (Lipinski definition) is 2. The molecule has 0 radical (unpaired) electrons. The van der Waals surface area contributed by atoms with Crippen LogP contribution in [0.2, 0.25) is 5.15 Å². The van der Waals surface area contributed by atoms with E-state index >= 15 is 0 Å². The summed E-state index contributed by atoms with van der Waals surface area (Å²) in [4.78, 5) is 4.00. The molecule has 1 N–H and O–H groups in total. The minimum atomic E-state index is 0.331. The topological polar surface area (TPSA) is 24.9 Å². The molecule has 2 nitrogen and oxygen atoms in total. The zero-order valence-corrected chi connectivity index (χ0v) is 10.2. The second-order valence-electron chi connectivity index (χ2n) is 4.28. The van der Waals surface area contributed by atoms with Crippen molar-refractivity contribution < 1.29 is 0 Å². The Morgan fingerprint density at radius 2 is 2.38 bits per heavy atom. The molecule has 0 saturated heterocycles. The third kappa shape index (κ3) is 3.06. The summed E-state index contributed by atoms with van der Waals surface area (Å²) in [5, 5.41) is 4.19. The third-order valence-corrected chi connectivity index (χ3v) is 3.21. The normalized spacial score (nSPS) is 22.0. The number of aromatic nitrogens is 1. The van der Waals surface area contributed by atoms with E-state index in [9.17, 15) is 0 Å². The largest absolute Gasteiger partial charge is 0.307 e. The highest BCUT2D eigenvalue weighted by Crippen LogP contribution is 2.19. The first kappa shape index (κ1) is 11.6. The van der Waals surface area contributed by atoms with Crippen LogP contribution in [-0.4, -0.2) is 11.0 Å². The summed E-state index contributed by atoms with van der Waals surface area (Å²) in [6.07, 6.45) is 9.81. The Morgan fingerprint density at radius 1 is 1.50 bits per heavy atom. The van der Waals surface area contributed by atoms with E-state index in [0.717, 1.165) is 6.42 Å². The third-order valence-electron chi connectivity index (χ3n) is 3.01. The maximum absolute atomic E-state index is 5.88. The van der Waals surface area contributed by atoms with Gasteiger partial charge in [0.25, 0.3) is 0 Å². The van der Waals surface area contributed by atoms with Crippen LogP contribution in [0.5, 0.6) is 0 Å². The van der Waals surface area contributed by atoms with Crippen molar-refractivity contribution in [1.82, 2.24) is 10.3 Å². The lowest BCUT2D eigenvalue weighted by atomic mass is 10.00. The second-order valence-corrected chi connectivity index (χ2v) is 4.67. The SMILES string of the molecule is CC(NC1CC=CCC1)c1ccnc(Cl)c1. The minimum absolute atomic E-state index is 0.331. The van der Waals surface area contributed by atoms with E-state index in [0.29, 0.717) is 17.2 Å². The summed E-state index contributed by atoms with van der Waals surface area (Å²) >= 11 is 5.88. The molecule has 2 atom stereocenters. The van der Waals surface area contributed by atoms with Gasteiger partial charge in [-0.2, -0.15) is 0 Å². The molecular formula is C13H17ClN2. The van der Waals surface area contributed by atoms with Crippen molar-refractivity contribution in [2.24, 2.45) is 0 Å². The van der Waals surface area contributed by atoms with Crippen LogP contribution in [0, 0.1) is 0 Å². The number of nitrogens with zero attached hydrogens (tertiary/aromatic N) is 1. The summed E-state index contributed by atoms with van der Waals surface area (Å²) in [7, 11) is 0. The first-order valence-electron chi connectivity index (χ1n) is 5.78. The van der Waals surface area contributed by atoms with Crippen molar-refractivity contribution in [2.45, 2.75) is 38.3 Å². The Kier molecular flexibility index (Phi) is 3.97. The maximum atomic E-state index is 5.88. The number of nitrogens with one attached hydrogen (secondary N) is 1. The van der Waals surface area contributed by atoms with Crippen LogP contribution in [0.3, 0.4) is 0 Å². The summed E-state index contributed by atoms with van der Waals surface area (Å²) in [5.41, 5.74) is 1.20. The minimum Gasteiger partial charge on any atom is -0.307 e. The van der Waals surface area contributed by atoms with E-state index in [4.69, 9.17) is 11.6 Å². The summed E-state index contributed by atoms with van der Waals surface area (Å²) in [6, 6.07) is 4.86. The number of rotatable bonds is 3. The van der Waals surface area contributed by atoms with E-state index in [-0.39, 0.29) is 0 Å². The highest BCUT2D eigenvalue weighted by atomic mass is 35.5. The molecule has 1 heterocycles. The Balaban J connectivity index is 1.97. The predicted octanol–water partition coefficient (Wildman–Crippen LogP) is 3.49. The van der Waals surface area contributed by atoms with Gasteiger partial charge in [-0.1, -0.05) is 23.8 Å². The second kappa shape index (κ2) is 5.46. The molecule has 2 unspecified atom stereocenters. The van der Waals surface area contributed by atoms with Gasteiger partial charge in [0.2, 0.25) is 0 Å². The molecule has 3 heteroatoms. The van der Waals surface area contributed by atoms with Crippen LogP contribution in [0.1, 0.15) is 37.8 Å². The zero-order chi connectivity index (χ0) is 11.4. The van der Waals surface area contributed by atoms with Gasteiger partial charge < -0.3 is 5.32 Å². The van der Waals surface area contributed by atoms with Gasteiger partial charge in [-0.25, -0.2) is 4.98 Å². The number of hydrogen-bond donors (Lipinski definition) is 1. The Labute approximate surface area is 102 Å². The predicted molar refractivity (Wildman–Crippen MR) is 67.6 cm³/mol. The highest BCUT2D eigenvalue weighted by Gasteiger charge is 2.13. The average molecular weight is 237 g/mol. The van der Waals surface area contributed by atoms with Gasteiger partial charge in [0.15, 0.2) is 0 Å². The maximum Gasteiger partial charge on any atom is 0.129 e. The zero-order valence-electron chi connectivity index (χ0n) is 9.49. The summed E-state index contributed by atoms with van der Waals surface area (Å²) < 4.78 is 0. The van der Waals surface area contributed by atoms with Gasteiger partial charge in [-0.05, 0) is 43.9 Å². The van der Waals surface area contributed by atoms with E-state index in [1.807, 2.05) is 12.1 Å². The molecule has 0 saturated carbocycles. The van der Waals surface area contributed by atoms with Gasteiger partial charge in [-0.15, -0.1) is 0 Å². The fraction of sp³-hybridized carbons (Fsp3) is 0.462. The van der Waals surface area contributed by atoms with E-state index in [1.165, 1.54) is 18.4 Å². The molecule has 1 aliphatic rings. The molecule has 0 spiro atoms. The van der Waals surface area contributed by atoms with Gasteiger partial charge >= 0.3 is 0 Å². The Hall–Kier alpha value is -0.860. The molecule has 2 rings (SSSR count). The van der Waals surface area contributed by atoms with Crippen molar-refractivity contribution in [3.05, 3.63) is 41.2 Å². The lowest BCUT2D eigenvalue weighted by Gasteiger charge is -2.24. The van der Waals surface area contributed by atoms with Crippen molar-refractivity contribution in [3.8, 4) is 0 Å². The van der Waals surface area contributed by atoms with Gasteiger partial charge in [0, 0.05) is 18.3 Å². The van der Waals surface area contributed by atoms with E-state index in [1.54, 1.807) is 6.20 Å². The molecule has 0 fully saturated rings. The van der Waals surface area contributed by atoms with Crippen molar-refractivity contribution in [3.63, 3.8) is 0 Å². The summed E-state index contributed by atoms with van der Waals surface area (Å²) in [6.45, 7) is 2.17. The molecule has 0 aromatic carbocycles. The molecule has 16 heavy (non-hydrogen) atoms. The molecular weight excluding hydrogens is 220 g/mol. The molecule has 0 aliphatic heterocycles. The van der Waals surface area contributed by atoms with Crippen LogP contribution in [0.15, 0.2) is 30.5 Å². The van der Waals surface area contributed by atoms with Crippen molar-refractivity contribution in [2.75, 3.05) is 0 Å². The smallest absolute Gasteiger partial charge is 0.129 e. The molecule has 1 aromatic rings. The average Bonchev–Trinajstić information content (AvgIpc) is 2.30. The van der Waals surface area contributed by atoms with Gasteiger partial charge in [0.1, 0.15) is 5.15 Å². The standard InChI is InChI=1S/C13H17ClN2/c1-10(11-7-8-15-13(14)9-11)16-12-5-3-2-4-6-12/h2-3,7-10,12,16H,4-6H2,1H3. The first-order chi connectivity index (χ1) is 7.75. The lowest BCUT2D eigenvalue weighted by molar-refractivity contribution is 0.426. The van der Waals surface area contributed by atoms with Crippen molar-refractivity contribution >= 4 is 11.6 Å². The summed E-state index contributed by atoms with van der Waals surface area (Å²) in [5.74, 6) is 0. The fourth-order valence-electron chi connectivity index (χ4n) is 2.08. The number of pyridine rings is 1. The molecule has 0 bridgehead atoms. The van der Waals surface area contributed by atoms with Gasteiger partial charge in [-0.3, -0.25) is 0 Å². The van der Waals surface area contributed by atoms with E-state index < -0.39 is 0 Å². The molecule has 0 amide bonds. The monoisotopic (exact) mass is 236 g/mol. The Morgan fingerprint density at radius 3 is 3.06 bits per heavy atom. The molecule has 1 aliphatic carbocycles. The fourth-order valence-corrected chi connectivity index (χ4v) is 2.26. The first-order valence-corrected chi connectivity index (χ1v) is 6.16. The van der Waals surface area contributed by atoms with Crippen molar-refractivity contribution in [1.29, 1.82) is 0 Å². The quantitative estimate of drug-likeness (QED) is 0.642. The highest BCUT2D eigenvalue weighted by molar-refractivity contribution is 6.29.